The van der Waals surface area contributed by atoms with Crippen LogP contribution in [0.5, 0.6) is 0 Å². The van der Waals surface area contributed by atoms with Crippen LogP contribution in [-0.4, -0.2) is 32.4 Å². The maximum Gasteiger partial charge on any atom is 0.287 e. The van der Waals surface area contributed by atoms with Crippen molar-refractivity contribution < 1.29 is 14.0 Å². The lowest BCUT2D eigenvalue weighted by Gasteiger charge is -2.20. The lowest BCUT2D eigenvalue weighted by Crippen LogP contribution is -2.47. The second-order valence-corrected chi connectivity index (χ2v) is 8.59. The molecule has 0 aliphatic rings. The van der Waals surface area contributed by atoms with E-state index in [4.69, 9.17) is 9.40 Å². The van der Waals surface area contributed by atoms with Gasteiger partial charge < -0.3 is 19.6 Å². The number of benzene rings is 1. The molecule has 0 bridgehead atoms. The summed E-state index contributed by atoms with van der Waals surface area (Å²) < 4.78 is 7.04. The molecule has 0 spiro atoms. The SMILES string of the molecule is CC(C)C(NC(=O)c1ccco1)C(=O)Nc1nc(-c2ccccc2)c(-c2nccn2C)s1. The zero-order valence-electron chi connectivity index (χ0n) is 17.9. The van der Waals surface area contributed by atoms with Gasteiger partial charge in [-0.25, -0.2) is 9.97 Å². The standard InChI is InChI=1S/C23H23N5O3S/c1-14(2)17(25-21(29)16-10-7-13-31-16)22(30)27-23-26-18(15-8-5-4-6-9-15)19(32-23)20-24-11-12-28(20)3/h4-14,17H,1-3H3,(H,25,29)(H,26,27,30). The molecule has 0 fully saturated rings. The number of nitrogens with one attached hydrogen (secondary N) is 2. The third-order valence-electron chi connectivity index (χ3n) is 4.91. The molecule has 0 radical (unpaired) electrons. The van der Waals surface area contributed by atoms with Crippen molar-refractivity contribution in [3.63, 3.8) is 0 Å². The van der Waals surface area contributed by atoms with Crippen LogP contribution in [0.2, 0.25) is 0 Å². The fraction of sp³-hybridized carbons (Fsp3) is 0.217. The molecular weight excluding hydrogens is 426 g/mol. The lowest BCUT2D eigenvalue weighted by atomic mass is 10.0. The number of carbonyl (C=O) groups excluding carboxylic acids is 2. The number of hydrogen-bond acceptors (Lipinski definition) is 6. The summed E-state index contributed by atoms with van der Waals surface area (Å²) in [6, 6.07) is 12.2. The minimum atomic E-state index is -0.756. The highest BCUT2D eigenvalue weighted by molar-refractivity contribution is 7.19. The van der Waals surface area contributed by atoms with Crippen LogP contribution < -0.4 is 10.6 Å². The van der Waals surface area contributed by atoms with Crippen LogP contribution in [0.1, 0.15) is 24.4 Å². The van der Waals surface area contributed by atoms with Gasteiger partial charge in [-0.05, 0) is 18.1 Å². The molecule has 1 atom stereocenters. The fourth-order valence-corrected chi connectivity index (χ4v) is 4.27. The Morgan fingerprint density at radius 1 is 1.12 bits per heavy atom. The predicted molar refractivity (Wildman–Crippen MR) is 123 cm³/mol. The molecule has 3 aromatic heterocycles. The fourth-order valence-electron chi connectivity index (χ4n) is 3.24. The second kappa shape index (κ2) is 9.19. The van der Waals surface area contributed by atoms with E-state index in [-0.39, 0.29) is 17.6 Å². The van der Waals surface area contributed by atoms with Gasteiger partial charge in [0.05, 0.1) is 16.8 Å². The average molecular weight is 450 g/mol. The van der Waals surface area contributed by atoms with Gasteiger partial charge in [-0.3, -0.25) is 9.59 Å². The van der Waals surface area contributed by atoms with Crippen molar-refractivity contribution in [1.29, 1.82) is 0 Å². The zero-order valence-corrected chi connectivity index (χ0v) is 18.7. The first-order valence-electron chi connectivity index (χ1n) is 10.1. The minimum absolute atomic E-state index is 0.142. The molecule has 0 saturated heterocycles. The topological polar surface area (TPSA) is 102 Å². The van der Waals surface area contributed by atoms with Crippen molar-refractivity contribution >= 4 is 28.3 Å². The summed E-state index contributed by atoms with van der Waals surface area (Å²) in [5.74, 6) is -0.0210. The van der Waals surface area contributed by atoms with E-state index < -0.39 is 11.9 Å². The Morgan fingerprint density at radius 3 is 2.53 bits per heavy atom. The molecular formula is C23H23N5O3S. The van der Waals surface area contributed by atoms with Gasteiger partial charge >= 0.3 is 0 Å². The molecule has 1 unspecified atom stereocenters. The van der Waals surface area contributed by atoms with Gasteiger partial charge in [0.15, 0.2) is 16.7 Å². The van der Waals surface area contributed by atoms with Gasteiger partial charge in [-0.2, -0.15) is 0 Å². The number of anilines is 1. The number of carbonyl (C=O) groups is 2. The molecule has 4 rings (SSSR count). The Balaban J connectivity index is 1.62. The molecule has 0 saturated carbocycles. The van der Waals surface area contributed by atoms with Crippen LogP contribution in [0, 0.1) is 5.92 Å². The van der Waals surface area contributed by atoms with Gasteiger partial charge in [0.25, 0.3) is 5.91 Å². The third-order valence-corrected chi connectivity index (χ3v) is 5.88. The number of imidazole rings is 1. The van der Waals surface area contributed by atoms with E-state index in [1.165, 1.54) is 17.6 Å². The van der Waals surface area contributed by atoms with E-state index in [1.807, 2.05) is 62.0 Å². The second-order valence-electron chi connectivity index (χ2n) is 7.59. The molecule has 0 aliphatic carbocycles. The van der Waals surface area contributed by atoms with Crippen molar-refractivity contribution in [3.05, 3.63) is 66.9 Å². The maximum absolute atomic E-state index is 13.1. The number of amides is 2. The van der Waals surface area contributed by atoms with Gasteiger partial charge in [0.1, 0.15) is 6.04 Å². The smallest absolute Gasteiger partial charge is 0.287 e. The predicted octanol–water partition coefficient (Wildman–Crippen LogP) is 4.20. The normalized spacial score (nSPS) is 12.0. The van der Waals surface area contributed by atoms with Gasteiger partial charge in [-0.1, -0.05) is 55.5 Å². The number of thiazole rings is 1. The molecule has 4 aromatic rings. The summed E-state index contributed by atoms with van der Waals surface area (Å²) in [6.07, 6.45) is 5.00. The van der Waals surface area contributed by atoms with Crippen molar-refractivity contribution in [3.8, 4) is 22.0 Å². The molecule has 1 aromatic carbocycles. The summed E-state index contributed by atoms with van der Waals surface area (Å²) in [7, 11) is 1.91. The Bertz CT molecular complexity index is 1210. The van der Waals surface area contributed by atoms with Crippen molar-refractivity contribution in [2.24, 2.45) is 13.0 Å². The average Bonchev–Trinajstić information content (AvgIpc) is 3.53. The highest BCUT2D eigenvalue weighted by atomic mass is 32.1. The first kappa shape index (κ1) is 21.5. The van der Waals surface area contributed by atoms with Gasteiger partial charge in [0, 0.05) is 25.0 Å². The largest absolute Gasteiger partial charge is 0.459 e. The van der Waals surface area contributed by atoms with Crippen LogP contribution in [0.15, 0.2) is 65.5 Å². The van der Waals surface area contributed by atoms with E-state index in [9.17, 15) is 9.59 Å². The number of hydrogen-bond donors (Lipinski definition) is 2. The molecule has 2 N–H and O–H groups in total. The highest BCUT2D eigenvalue weighted by Crippen LogP contribution is 2.38. The first-order valence-corrected chi connectivity index (χ1v) is 10.9. The molecule has 9 heteroatoms. The number of aryl methyl sites for hydroxylation is 1. The number of aromatic nitrogens is 3. The monoisotopic (exact) mass is 449 g/mol. The summed E-state index contributed by atoms with van der Waals surface area (Å²) >= 11 is 1.34. The lowest BCUT2D eigenvalue weighted by molar-refractivity contribution is -0.118. The van der Waals surface area contributed by atoms with Gasteiger partial charge in [-0.15, -0.1) is 0 Å². The van der Waals surface area contributed by atoms with Gasteiger partial charge in [0.2, 0.25) is 5.91 Å². The Hall–Kier alpha value is -3.72. The Labute approximate surface area is 189 Å². The third kappa shape index (κ3) is 4.47. The van der Waals surface area contributed by atoms with E-state index in [0.717, 1.165) is 22.0 Å². The van der Waals surface area contributed by atoms with Crippen LogP contribution in [-0.2, 0) is 11.8 Å². The van der Waals surface area contributed by atoms with Crippen molar-refractivity contribution in [1.82, 2.24) is 19.9 Å². The van der Waals surface area contributed by atoms with Crippen LogP contribution >= 0.6 is 11.3 Å². The van der Waals surface area contributed by atoms with Crippen LogP contribution in [0.4, 0.5) is 5.13 Å². The minimum Gasteiger partial charge on any atom is -0.459 e. The molecule has 32 heavy (non-hydrogen) atoms. The van der Waals surface area contributed by atoms with Crippen LogP contribution in [0.3, 0.4) is 0 Å². The number of furan rings is 1. The first-order chi connectivity index (χ1) is 15.4. The maximum atomic E-state index is 13.1. The molecule has 3 heterocycles. The van der Waals surface area contributed by atoms with E-state index in [1.54, 1.807) is 18.3 Å². The number of rotatable bonds is 7. The molecule has 2 amide bonds. The van der Waals surface area contributed by atoms with E-state index in [2.05, 4.69) is 15.6 Å². The highest BCUT2D eigenvalue weighted by Gasteiger charge is 2.27. The molecule has 8 nitrogen and oxygen atoms in total. The summed E-state index contributed by atoms with van der Waals surface area (Å²) in [5.41, 5.74) is 1.66. The summed E-state index contributed by atoms with van der Waals surface area (Å²) in [6.45, 7) is 3.73. The van der Waals surface area contributed by atoms with Crippen molar-refractivity contribution in [2.45, 2.75) is 19.9 Å². The zero-order chi connectivity index (χ0) is 22.7. The Morgan fingerprint density at radius 2 is 1.91 bits per heavy atom. The Kier molecular flexibility index (Phi) is 6.18. The van der Waals surface area contributed by atoms with Crippen LogP contribution in [0.25, 0.3) is 22.0 Å². The summed E-state index contributed by atoms with van der Waals surface area (Å²) in [4.78, 5) is 35.5. The molecule has 164 valence electrons. The van der Waals surface area contributed by atoms with E-state index in [0.29, 0.717) is 5.13 Å². The summed E-state index contributed by atoms with van der Waals surface area (Å²) in [5, 5.41) is 6.05. The van der Waals surface area contributed by atoms with E-state index >= 15 is 0 Å². The number of nitrogens with zero attached hydrogens (tertiary/aromatic N) is 3. The molecule has 0 aliphatic heterocycles. The quantitative estimate of drug-likeness (QED) is 0.440. The van der Waals surface area contributed by atoms with Crippen molar-refractivity contribution in [2.75, 3.05) is 5.32 Å².